The summed E-state index contributed by atoms with van der Waals surface area (Å²) in [4.78, 5) is 11.8. The zero-order valence-electron chi connectivity index (χ0n) is 14.8. The van der Waals surface area contributed by atoms with Crippen LogP contribution in [0.15, 0.2) is 46.4 Å². The predicted octanol–water partition coefficient (Wildman–Crippen LogP) is 5.16. The molecule has 0 radical (unpaired) electrons. The Labute approximate surface area is 171 Å². The SMILES string of the molecule is CCOC(=O)/C(C#N)=C\c1cc(Br)c(OCc2ccccc2Cl)c(OC)c1. The van der Waals surface area contributed by atoms with Crippen LogP contribution in [0.3, 0.4) is 0 Å². The van der Waals surface area contributed by atoms with Crippen molar-refractivity contribution in [3.05, 3.63) is 62.6 Å². The second-order valence-electron chi connectivity index (χ2n) is 5.30. The second-order valence-corrected chi connectivity index (χ2v) is 6.57. The minimum atomic E-state index is -0.672. The lowest BCUT2D eigenvalue weighted by Gasteiger charge is -2.14. The van der Waals surface area contributed by atoms with Crippen LogP contribution in [0.2, 0.25) is 5.02 Å². The largest absolute Gasteiger partial charge is 0.493 e. The Morgan fingerprint density at radius 3 is 2.70 bits per heavy atom. The third-order valence-electron chi connectivity index (χ3n) is 3.51. The molecule has 2 aromatic rings. The maximum atomic E-state index is 11.8. The summed E-state index contributed by atoms with van der Waals surface area (Å²) in [6.07, 6.45) is 1.43. The summed E-state index contributed by atoms with van der Waals surface area (Å²) in [7, 11) is 1.51. The predicted molar refractivity (Wildman–Crippen MR) is 107 cm³/mol. The molecule has 0 bridgehead atoms. The lowest BCUT2D eigenvalue weighted by Crippen LogP contribution is -2.06. The first kappa shape index (κ1) is 20.8. The molecule has 0 N–H and O–H groups in total. The molecule has 140 valence electrons. The van der Waals surface area contributed by atoms with E-state index in [4.69, 9.17) is 25.8 Å². The Hall–Kier alpha value is -2.49. The van der Waals surface area contributed by atoms with Gasteiger partial charge in [-0.1, -0.05) is 29.8 Å². The van der Waals surface area contributed by atoms with E-state index in [0.717, 1.165) is 5.56 Å². The number of carbonyl (C=O) groups excluding carboxylic acids is 1. The Balaban J connectivity index is 2.30. The molecule has 27 heavy (non-hydrogen) atoms. The van der Waals surface area contributed by atoms with E-state index in [1.54, 1.807) is 25.1 Å². The highest BCUT2D eigenvalue weighted by atomic mass is 79.9. The van der Waals surface area contributed by atoms with Gasteiger partial charge >= 0.3 is 5.97 Å². The average Bonchev–Trinajstić information content (AvgIpc) is 2.66. The molecule has 0 amide bonds. The van der Waals surface area contributed by atoms with Gasteiger partial charge in [-0.2, -0.15) is 5.26 Å². The van der Waals surface area contributed by atoms with E-state index >= 15 is 0 Å². The smallest absolute Gasteiger partial charge is 0.348 e. The molecule has 0 unspecified atom stereocenters. The molecule has 2 rings (SSSR count). The van der Waals surface area contributed by atoms with Crippen LogP contribution in [0.4, 0.5) is 0 Å². The number of benzene rings is 2. The molecule has 5 nitrogen and oxygen atoms in total. The van der Waals surface area contributed by atoms with Gasteiger partial charge < -0.3 is 14.2 Å². The fraction of sp³-hybridized carbons (Fsp3) is 0.200. The molecule has 0 aliphatic heterocycles. The first-order chi connectivity index (χ1) is 13.0. The highest BCUT2D eigenvalue weighted by molar-refractivity contribution is 9.10. The summed E-state index contributed by atoms with van der Waals surface area (Å²) in [6.45, 7) is 2.13. The van der Waals surface area contributed by atoms with Crippen LogP contribution in [-0.4, -0.2) is 19.7 Å². The van der Waals surface area contributed by atoms with Crippen LogP contribution >= 0.6 is 27.5 Å². The molecule has 7 heteroatoms. The minimum Gasteiger partial charge on any atom is -0.493 e. The molecule has 0 atom stereocenters. The summed E-state index contributed by atoms with van der Waals surface area (Å²) in [5, 5.41) is 9.78. The number of halogens is 2. The maximum absolute atomic E-state index is 11.8. The average molecular weight is 451 g/mol. The number of ether oxygens (including phenoxy) is 3. The van der Waals surface area contributed by atoms with Gasteiger partial charge in [0.05, 0.1) is 18.2 Å². The molecule has 0 aliphatic rings. The van der Waals surface area contributed by atoms with E-state index < -0.39 is 5.97 Å². The zero-order chi connectivity index (χ0) is 19.8. The standard InChI is InChI=1S/C20H17BrClNO4/c1-3-26-20(24)15(11-23)8-13-9-16(21)19(18(10-13)25-2)27-12-14-6-4-5-7-17(14)22/h4-10H,3,12H2,1-2H3/b15-8-. The highest BCUT2D eigenvalue weighted by Gasteiger charge is 2.15. The summed E-state index contributed by atoms with van der Waals surface area (Å²) in [5.74, 6) is 0.266. The summed E-state index contributed by atoms with van der Waals surface area (Å²) < 4.78 is 16.7. The number of hydrogen-bond donors (Lipinski definition) is 0. The molecule has 0 aromatic heterocycles. The van der Waals surface area contributed by atoms with Crippen molar-refractivity contribution in [3.63, 3.8) is 0 Å². The Bertz CT molecular complexity index is 905. The van der Waals surface area contributed by atoms with Gasteiger partial charge in [-0.15, -0.1) is 0 Å². The van der Waals surface area contributed by atoms with Crippen molar-refractivity contribution in [1.29, 1.82) is 5.26 Å². The number of nitrogens with zero attached hydrogens (tertiary/aromatic N) is 1. The molecule has 0 heterocycles. The van der Waals surface area contributed by atoms with Crippen molar-refractivity contribution < 1.29 is 19.0 Å². The van der Waals surface area contributed by atoms with Gasteiger partial charge in [-0.25, -0.2) is 4.79 Å². The molecular formula is C20H17BrClNO4. The fourth-order valence-electron chi connectivity index (χ4n) is 2.24. The monoisotopic (exact) mass is 449 g/mol. The van der Waals surface area contributed by atoms with E-state index in [0.29, 0.717) is 26.6 Å². The normalized spacial score (nSPS) is 10.9. The number of hydrogen-bond acceptors (Lipinski definition) is 5. The van der Waals surface area contributed by atoms with Gasteiger partial charge in [-0.3, -0.25) is 0 Å². The van der Waals surface area contributed by atoms with Gasteiger partial charge in [0, 0.05) is 10.6 Å². The molecule has 0 fully saturated rings. The molecule has 0 saturated heterocycles. The fourth-order valence-corrected chi connectivity index (χ4v) is 3.01. The summed E-state index contributed by atoms with van der Waals surface area (Å²) in [5.41, 5.74) is 1.33. The van der Waals surface area contributed by atoms with Crippen molar-refractivity contribution in [3.8, 4) is 17.6 Å². The minimum absolute atomic E-state index is 0.101. The van der Waals surface area contributed by atoms with Crippen LogP contribution in [0.1, 0.15) is 18.1 Å². The summed E-state index contributed by atoms with van der Waals surface area (Å²) >= 11 is 9.60. The number of esters is 1. The van der Waals surface area contributed by atoms with E-state index in [9.17, 15) is 10.1 Å². The first-order valence-corrected chi connectivity index (χ1v) is 9.19. The van der Waals surface area contributed by atoms with Crippen LogP contribution < -0.4 is 9.47 Å². The van der Waals surface area contributed by atoms with Crippen molar-refractivity contribution in [2.45, 2.75) is 13.5 Å². The molecule has 0 spiro atoms. The van der Waals surface area contributed by atoms with E-state index in [1.807, 2.05) is 24.3 Å². The maximum Gasteiger partial charge on any atom is 0.348 e. The van der Waals surface area contributed by atoms with Gasteiger partial charge in [-0.05, 0) is 52.7 Å². The van der Waals surface area contributed by atoms with Gasteiger partial charge in [0.2, 0.25) is 0 Å². The van der Waals surface area contributed by atoms with Gasteiger partial charge in [0.1, 0.15) is 18.2 Å². The highest BCUT2D eigenvalue weighted by Crippen LogP contribution is 2.38. The second kappa shape index (κ2) is 10.0. The van der Waals surface area contributed by atoms with Crippen LogP contribution in [0.25, 0.3) is 6.08 Å². The Kier molecular flexibility index (Phi) is 7.71. The number of methoxy groups -OCH3 is 1. The van der Waals surface area contributed by atoms with Crippen LogP contribution in [0, 0.1) is 11.3 Å². The number of nitriles is 1. The first-order valence-electron chi connectivity index (χ1n) is 8.02. The molecule has 2 aromatic carbocycles. The number of carbonyl (C=O) groups is 1. The topological polar surface area (TPSA) is 68.6 Å². The Morgan fingerprint density at radius 1 is 1.33 bits per heavy atom. The molecular weight excluding hydrogens is 434 g/mol. The van der Waals surface area contributed by atoms with Crippen molar-refractivity contribution in [2.24, 2.45) is 0 Å². The van der Waals surface area contributed by atoms with Crippen molar-refractivity contribution in [2.75, 3.05) is 13.7 Å². The quantitative estimate of drug-likeness (QED) is 0.331. The molecule has 0 saturated carbocycles. The zero-order valence-corrected chi connectivity index (χ0v) is 17.1. The number of rotatable bonds is 7. The van der Waals surface area contributed by atoms with Crippen LogP contribution in [0.5, 0.6) is 11.5 Å². The Morgan fingerprint density at radius 2 is 2.07 bits per heavy atom. The third-order valence-corrected chi connectivity index (χ3v) is 4.47. The van der Waals surface area contributed by atoms with Crippen molar-refractivity contribution in [1.82, 2.24) is 0 Å². The van der Waals surface area contributed by atoms with E-state index in [2.05, 4.69) is 15.9 Å². The van der Waals surface area contributed by atoms with E-state index in [-0.39, 0.29) is 18.8 Å². The lowest BCUT2D eigenvalue weighted by atomic mass is 10.1. The van der Waals surface area contributed by atoms with Crippen LogP contribution in [-0.2, 0) is 16.1 Å². The third kappa shape index (κ3) is 5.49. The van der Waals surface area contributed by atoms with Gasteiger partial charge in [0.25, 0.3) is 0 Å². The van der Waals surface area contributed by atoms with Gasteiger partial charge in [0.15, 0.2) is 11.5 Å². The van der Waals surface area contributed by atoms with E-state index in [1.165, 1.54) is 13.2 Å². The van der Waals surface area contributed by atoms with Crippen molar-refractivity contribution >= 4 is 39.6 Å². The lowest BCUT2D eigenvalue weighted by molar-refractivity contribution is -0.137. The molecule has 0 aliphatic carbocycles. The summed E-state index contributed by atoms with van der Waals surface area (Å²) in [6, 6.07) is 12.6.